The maximum Gasteiger partial charge on any atom is 0.235 e. The number of hydrogen-bond acceptors (Lipinski definition) is 4. The van der Waals surface area contributed by atoms with Gasteiger partial charge >= 0.3 is 0 Å². The van der Waals surface area contributed by atoms with Gasteiger partial charge in [-0.2, -0.15) is 5.26 Å². The first-order chi connectivity index (χ1) is 12.2. The van der Waals surface area contributed by atoms with E-state index in [2.05, 4.69) is 45.4 Å². The molecule has 5 heteroatoms. The molecule has 0 atom stereocenters. The van der Waals surface area contributed by atoms with Gasteiger partial charge in [0.15, 0.2) is 0 Å². The maximum atomic E-state index is 12.0. The summed E-state index contributed by atoms with van der Waals surface area (Å²) in [6, 6.07) is 12.7. The van der Waals surface area contributed by atoms with Crippen molar-refractivity contribution in [1.29, 1.82) is 5.26 Å². The average Bonchev–Trinajstić information content (AvgIpc) is 2.64. The number of carbonyl (C=O) groups excluding carboxylic acids is 1. The van der Waals surface area contributed by atoms with Crippen molar-refractivity contribution in [3.63, 3.8) is 0 Å². The number of hydrogen-bond donors (Lipinski definition) is 1. The van der Waals surface area contributed by atoms with Crippen LogP contribution >= 0.6 is 0 Å². The Morgan fingerprint density at radius 1 is 1.16 bits per heavy atom. The van der Waals surface area contributed by atoms with Crippen molar-refractivity contribution >= 4 is 5.91 Å². The van der Waals surface area contributed by atoms with Gasteiger partial charge in [-0.25, -0.2) is 0 Å². The summed E-state index contributed by atoms with van der Waals surface area (Å²) in [5.41, 5.74) is 1.56. The third-order valence-electron chi connectivity index (χ3n) is 5.61. The van der Waals surface area contributed by atoms with E-state index in [0.29, 0.717) is 6.54 Å². The van der Waals surface area contributed by atoms with Gasteiger partial charge in [0.2, 0.25) is 5.91 Å². The van der Waals surface area contributed by atoms with Gasteiger partial charge in [0.05, 0.1) is 12.6 Å². The molecule has 1 heterocycles. The molecule has 1 N–H and O–H groups in total. The molecule has 1 spiro atoms. The van der Waals surface area contributed by atoms with Crippen molar-refractivity contribution in [1.82, 2.24) is 15.1 Å². The van der Waals surface area contributed by atoms with Crippen LogP contribution in [0.1, 0.15) is 37.7 Å². The van der Waals surface area contributed by atoms with Crippen LogP contribution in [-0.2, 0) is 11.3 Å². The van der Waals surface area contributed by atoms with Crippen molar-refractivity contribution in [3.8, 4) is 6.07 Å². The van der Waals surface area contributed by atoms with Crippen LogP contribution in [0.2, 0.25) is 0 Å². The van der Waals surface area contributed by atoms with E-state index in [9.17, 15) is 4.79 Å². The van der Waals surface area contributed by atoms with E-state index < -0.39 is 0 Å². The third-order valence-corrected chi connectivity index (χ3v) is 5.61. The Morgan fingerprint density at radius 2 is 1.92 bits per heavy atom. The van der Waals surface area contributed by atoms with E-state index in [1.54, 1.807) is 0 Å². The molecular formula is C20H28N4O. The van der Waals surface area contributed by atoms with E-state index >= 15 is 0 Å². The zero-order valence-electron chi connectivity index (χ0n) is 14.9. The fourth-order valence-corrected chi connectivity index (χ4v) is 4.36. The highest BCUT2D eigenvalue weighted by Gasteiger charge is 2.42. The standard InChI is InChI=1S/C20H28N4O/c21-11-12-22-19(25)16-23-13-14-24(15-18-7-3-1-4-8-18)20(17-23)9-5-2-6-10-20/h1,3-4,7-8H,2,5-6,9-10,12-17H2,(H,22,25). The summed E-state index contributed by atoms with van der Waals surface area (Å²) in [6.45, 7) is 4.37. The van der Waals surface area contributed by atoms with Gasteiger partial charge in [0, 0.05) is 31.7 Å². The van der Waals surface area contributed by atoms with Crippen molar-refractivity contribution in [2.45, 2.75) is 44.2 Å². The average molecular weight is 340 g/mol. The molecule has 1 aliphatic heterocycles. The highest BCUT2D eigenvalue weighted by Crippen LogP contribution is 2.37. The number of nitriles is 1. The molecule has 0 bridgehead atoms. The predicted molar refractivity (Wildman–Crippen MR) is 97.7 cm³/mol. The van der Waals surface area contributed by atoms with Crippen LogP contribution in [0.25, 0.3) is 0 Å². The number of nitrogens with one attached hydrogen (secondary N) is 1. The maximum absolute atomic E-state index is 12.0. The number of amides is 1. The van der Waals surface area contributed by atoms with Crippen molar-refractivity contribution in [2.24, 2.45) is 0 Å². The number of rotatable bonds is 5. The summed E-state index contributed by atoms with van der Waals surface area (Å²) in [4.78, 5) is 16.9. The first-order valence-corrected chi connectivity index (χ1v) is 9.37. The van der Waals surface area contributed by atoms with Crippen LogP contribution in [0.4, 0.5) is 0 Å². The van der Waals surface area contributed by atoms with Gasteiger partial charge in [-0.1, -0.05) is 49.6 Å². The predicted octanol–water partition coefficient (Wildman–Crippen LogP) is 2.15. The summed E-state index contributed by atoms with van der Waals surface area (Å²) < 4.78 is 0. The molecule has 0 radical (unpaired) electrons. The molecule has 3 rings (SSSR count). The van der Waals surface area contributed by atoms with E-state index in [-0.39, 0.29) is 18.0 Å². The Kier molecular flexibility index (Phi) is 6.06. The molecule has 1 aliphatic carbocycles. The summed E-state index contributed by atoms with van der Waals surface area (Å²) in [5, 5.41) is 11.3. The minimum Gasteiger partial charge on any atom is -0.342 e. The van der Waals surface area contributed by atoms with Gasteiger partial charge in [0.1, 0.15) is 6.54 Å². The second kappa shape index (κ2) is 8.46. The summed E-state index contributed by atoms with van der Waals surface area (Å²) in [7, 11) is 0. The lowest BCUT2D eigenvalue weighted by Gasteiger charge is -2.53. The van der Waals surface area contributed by atoms with Crippen LogP contribution in [-0.4, -0.2) is 54.0 Å². The van der Waals surface area contributed by atoms with Crippen molar-refractivity contribution < 1.29 is 4.79 Å². The minimum absolute atomic E-state index is 0.0379. The molecule has 2 fully saturated rings. The molecule has 1 amide bonds. The first kappa shape index (κ1) is 17.9. The third kappa shape index (κ3) is 4.59. The molecule has 1 saturated heterocycles. The van der Waals surface area contributed by atoms with Crippen LogP contribution in [0.5, 0.6) is 0 Å². The monoisotopic (exact) mass is 340 g/mol. The molecule has 5 nitrogen and oxygen atoms in total. The lowest BCUT2D eigenvalue weighted by molar-refractivity contribution is -0.124. The Labute approximate surface area is 150 Å². The summed E-state index contributed by atoms with van der Waals surface area (Å²) in [6.07, 6.45) is 6.31. The van der Waals surface area contributed by atoms with Gasteiger partial charge in [-0.15, -0.1) is 0 Å². The summed E-state index contributed by atoms with van der Waals surface area (Å²) in [5.74, 6) is -0.0379. The first-order valence-electron chi connectivity index (χ1n) is 9.37. The molecule has 0 aromatic heterocycles. The van der Waals surface area contributed by atoms with Crippen LogP contribution in [0.3, 0.4) is 0 Å². The normalized spacial score (nSPS) is 20.9. The fraction of sp³-hybridized carbons (Fsp3) is 0.600. The lowest BCUT2D eigenvalue weighted by Crippen LogP contribution is -2.63. The Morgan fingerprint density at radius 3 is 2.64 bits per heavy atom. The molecule has 25 heavy (non-hydrogen) atoms. The number of carbonyl (C=O) groups is 1. The van der Waals surface area contributed by atoms with E-state index in [1.807, 2.05) is 6.07 Å². The molecule has 134 valence electrons. The van der Waals surface area contributed by atoms with Crippen LogP contribution < -0.4 is 5.32 Å². The highest BCUT2D eigenvalue weighted by molar-refractivity contribution is 5.78. The van der Waals surface area contributed by atoms with E-state index in [1.165, 1.54) is 37.7 Å². The van der Waals surface area contributed by atoms with Crippen molar-refractivity contribution in [3.05, 3.63) is 35.9 Å². The Hall–Kier alpha value is -1.90. The van der Waals surface area contributed by atoms with Gasteiger partial charge in [-0.05, 0) is 18.4 Å². The smallest absolute Gasteiger partial charge is 0.235 e. The van der Waals surface area contributed by atoms with Gasteiger partial charge < -0.3 is 5.32 Å². The van der Waals surface area contributed by atoms with Crippen LogP contribution in [0.15, 0.2) is 30.3 Å². The molecule has 1 aromatic carbocycles. The Bertz CT molecular complexity index is 604. The molecule has 1 aromatic rings. The SMILES string of the molecule is N#CCNC(=O)CN1CCN(Cc2ccccc2)C2(CCCCC2)C1. The number of nitrogens with zero attached hydrogens (tertiary/aromatic N) is 3. The minimum atomic E-state index is -0.0379. The molecule has 2 aliphatic rings. The Balaban J connectivity index is 1.67. The van der Waals surface area contributed by atoms with E-state index in [4.69, 9.17) is 5.26 Å². The lowest BCUT2D eigenvalue weighted by atomic mass is 9.78. The van der Waals surface area contributed by atoms with Crippen LogP contribution in [0, 0.1) is 11.3 Å². The molecule has 0 unspecified atom stereocenters. The second-order valence-electron chi connectivity index (χ2n) is 7.34. The fourth-order valence-electron chi connectivity index (χ4n) is 4.36. The van der Waals surface area contributed by atoms with Crippen molar-refractivity contribution in [2.75, 3.05) is 32.7 Å². The number of benzene rings is 1. The largest absolute Gasteiger partial charge is 0.342 e. The van der Waals surface area contributed by atoms with Gasteiger partial charge in [0.25, 0.3) is 0 Å². The topological polar surface area (TPSA) is 59.4 Å². The number of piperazine rings is 1. The zero-order chi connectivity index (χ0) is 17.5. The molecule has 1 saturated carbocycles. The molecular weight excluding hydrogens is 312 g/mol. The quantitative estimate of drug-likeness (QED) is 0.835. The second-order valence-corrected chi connectivity index (χ2v) is 7.34. The van der Waals surface area contributed by atoms with E-state index in [0.717, 1.165) is 26.2 Å². The highest BCUT2D eigenvalue weighted by atomic mass is 16.2. The zero-order valence-corrected chi connectivity index (χ0v) is 14.9. The summed E-state index contributed by atoms with van der Waals surface area (Å²) >= 11 is 0. The van der Waals surface area contributed by atoms with Gasteiger partial charge in [-0.3, -0.25) is 14.6 Å².